The van der Waals surface area contributed by atoms with Crippen molar-refractivity contribution in [2.75, 3.05) is 38.5 Å². The third-order valence-electron chi connectivity index (χ3n) is 7.00. The molecule has 0 fully saturated rings. The zero-order chi connectivity index (χ0) is 35.1. The zero-order valence-electron chi connectivity index (χ0n) is 26.8. The summed E-state index contributed by atoms with van der Waals surface area (Å²) in [4.78, 5) is 48.1. The van der Waals surface area contributed by atoms with Crippen LogP contribution in [0.4, 0.5) is 0 Å². The minimum absolute atomic E-state index is 0.0263. The minimum atomic E-state index is -3.85. The molecule has 48 heavy (non-hydrogen) atoms. The van der Waals surface area contributed by atoms with Gasteiger partial charge in [-0.3, -0.25) is 19.2 Å². The predicted octanol–water partition coefficient (Wildman–Crippen LogP) is 1.17. The largest absolute Gasteiger partial charge is 0.379 e. The number of primary sulfonamides is 1. The predicted molar refractivity (Wildman–Crippen MR) is 186 cm³/mol. The van der Waals surface area contributed by atoms with Gasteiger partial charge in [0.2, 0.25) is 27.7 Å². The van der Waals surface area contributed by atoms with Crippen molar-refractivity contribution in [1.29, 1.82) is 0 Å². The van der Waals surface area contributed by atoms with Gasteiger partial charge in [0.15, 0.2) is 5.69 Å². The van der Waals surface area contributed by atoms with Crippen LogP contribution >= 0.6 is 12.6 Å². The van der Waals surface area contributed by atoms with Crippen LogP contribution in [0.1, 0.15) is 41.7 Å². The van der Waals surface area contributed by atoms with Gasteiger partial charge in [-0.15, -0.1) is 0 Å². The number of amides is 4. The summed E-state index contributed by atoms with van der Waals surface area (Å²) in [6, 6.07) is 15.4. The maximum absolute atomic E-state index is 13.0. The number of aromatic nitrogens is 2. The quantitative estimate of drug-likeness (QED) is 0.0713. The van der Waals surface area contributed by atoms with Gasteiger partial charge >= 0.3 is 0 Å². The van der Waals surface area contributed by atoms with Crippen LogP contribution in [-0.2, 0) is 24.4 Å². The Balaban J connectivity index is 1.38. The molecule has 0 bridgehead atoms. The van der Waals surface area contributed by atoms with E-state index >= 15 is 0 Å². The van der Waals surface area contributed by atoms with Crippen LogP contribution in [0.15, 0.2) is 71.8 Å². The summed E-state index contributed by atoms with van der Waals surface area (Å²) in [6.45, 7) is 6.52. The van der Waals surface area contributed by atoms with Crippen LogP contribution in [0.2, 0.25) is 0 Å². The summed E-state index contributed by atoms with van der Waals surface area (Å²) < 4.78 is 25.0. The van der Waals surface area contributed by atoms with Gasteiger partial charge in [0.05, 0.1) is 41.7 Å². The molecule has 0 atom stereocenters. The number of rotatable bonds is 19. The van der Waals surface area contributed by atoms with Gasteiger partial charge in [0.1, 0.15) is 0 Å². The monoisotopic (exact) mass is 698 g/mol. The summed E-state index contributed by atoms with van der Waals surface area (Å²) in [6.07, 6.45) is 3.13. The van der Waals surface area contributed by atoms with Crippen molar-refractivity contribution in [3.63, 3.8) is 0 Å². The summed E-state index contributed by atoms with van der Waals surface area (Å²) in [7, 11) is -3.85. The number of aryl methyl sites for hydroxylation is 1. The summed E-state index contributed by atoms with van der Waals surface area (Å²) in [5.74, 6) is -1.22. The number of carbonyl (C=O) groups excluding carboxylic acids is 4. The second-order valence-corrected chi connectivity index (χ2v) is 12.8. The highest BCUT2D eigenvalue weighted by atomic mass is 32.2. The Morgan fingerprint density at radius 3 is 2.00 bits per heavy atom. The standard InChI is InChI=1S/C32H42N8O6S2/c1-22-7-9-24(10-8-22)28-17-27(39-40(28)25-11-13-26(14-12-25)48(33,45)46)32(44)35-16-6-4-3-5-15-34-29(41)20-38-30(42)19-36-23(2)18-37-31(43)21-47/h7-14,17,36,47H,2-6,15-16,18-21H2,1H3,(H,34,41)(H,35,44)(H,37,43)(H,38,42)(H2,33,45,46). The second-order valence-electron chi connectivity index (χ2n) is 10.9. The molecule has 7 N–H and O–H groups in total. The highest BCUT2D eigenvalue weighted by molar-refractivity contribution is 7.89. The van der Waals surface area contributed by atoms with E-state index in [9.17, 15) is 27.6 Å². The lowest BCUT2D eigenvalue weighted by molar-refractivity contribution is -0.125. The van der Waals surface area contributed by atoms with Crippen molar-refractivity contribution in [3.8, 4) is 16.9 Å². The van der Waals surface area contributed by atoms with Crippen molar-refractivity contribution in [3.05, 3.63) is 78.1 Å². The molecule has 0 saturated heterocycles. The number of nitrogens with zero attached hydrogens (tertiary/aromatic N) is 2. The molecule has 2 aromatic carbocycles. The highest BCUT2D eigenvalue weighted by Crippen LogP contribution is 2.25. The van der Waals surface area contributed by atoms with E-state index in [4.69, 9.17) is 5.14 Å². The number of benzene rings is 2. The van der Waals surface area contributed by atoms with Crippen LogP contribution in [0.25, 0.3) is 16.9 Å². The fourth-order valence-corrected chi connectivity index (χ4v) is 4.98. The molecule has 1 heterocycles. The molecule has 258 valence electrons. The molecule has 0 unspecified atom stereocenters. The van der Waals surface area contributed by atoms with E-state index in [2.05, 4.69) is 50.9 Å². The summed E-state index contributed by atoms with van der Waals surface area (Å²) >= 11 is 3.85. The van der Waals surface area contributed by atoms with E-state index in [-0.39, 0.29) is 59.6 Å². The van der Waals surface area contributed by atoms with E-state index in [0.717, 1.165) is 36.8 Å². The Hall–Kier alpha value is -4.67. The molecular formula is C32H42N8O6S2. The summed E-state index contributed by atoms with van der Waals surface area (Å²) in [5, 5.41) is 23.3. The molecule has 1 aromatic heterocycles. The van der Waals surface area contributed by atoms with Crippen LogP contribution < -0.4 is 31.7 Å². The van der Waals surface area contributed by atoms with E-state index < -0.39 is 10.0 Å². The van der Waals surface area contributed by atoms with Gasteiger partial charge in [-0.05, 0) is 50.1 Å². The number of nitrogens with one attached hydrogen (secondary N) is 5. The molecule has 0 saturated carbocycles. The van der Waals surface area contributed by atoms with Gasteiger partial charge in [0, 0.05) is 24.4 Å². The molecule has 0 aliphatic rings. The van der Waals surface area contributed by atoms with Gasteiger partial charge in [-0.1, -0.05) is 49.2 Å². The van der Waals surface area contributed by atoms with E-state index in [1.807, 2.05) is 31.2 Å². The van der Waals surface area contributed by atoms with Gasteiger partial charge in [-0.2, -0.15) is 17.7 Å². The van der Waals surface area contributed by atoms with E-state index in [1.54, 1.807) is 22.9 Å². The fraction of sp³-hybridized carbons (Fsp3) is 0.344. The average Bonchev–Trinajstić information content (AvgIpc) is 3.52. The molecule has 14 nitrogen and oxygen atoms in total. The van der Waals surface area contributed by atoms with Gasteiger partial charge < -0.3 is 26.6 Å². The van der Waals surface area contributed by atoms with E-state index in [0.29, 0.717) is 30.2 Å². The lowest BCUT2D eigenvalue weighted by Gasteiger charge is -2.11. The maximum atomic E-state index is 13.0. The number of carbonyl (C=O) groups is 4. The lowest BCUT2D eigenvalue weighted by atomic mass is 10.1. The van der Waals surface area contributed by atoms with Gasteiger partial charge in [0.25, 0.3) is 5.91 Å². The third kappa shape index (κ3) is 12.5. The molecule has 16 heteroatoms. The average molecular weight is 699 g/mol. The normalized spacial score (nSPS) is 11.0. The molecule has 4 amide bonds. The molecule has 0 aliphatic heterocycles. The maximum Gasteiger partial charge on any atom is 0.271 e. The van der Waals surface area contributed by atoms with Crippen molar-refractivity contribution in [1.82, 2.24) is 36.4 Å². The Morgan fingerprint density at radius 1 is 0.792 bits per heavy atom. The Kier molecular flexibility index (Phi) is 14.7. The van der Waals surface area contributed by atoms with Gasteiger partial charge in [-0.25, -0.2) is 18.2 Å². The number of hydrogen-bond acceptors (Lipinski definition) is 9. The van der Waals surface area contributed by atoms with Crippen LogP contribution in [0.3, 0.4) is 0 Å². The lowest BCUT2D eigenvalue weighted by Crippen LogP contribution is -2.41. The summed E-state index contributed by atoms with van der Waals surface area (Å²) in [5.41, 5.74) is 3.82. The highest BCUT2D eigenvalue weighted by Gasteiger charge is 2.17. The molecule has 0 radical (unpaired) electrons. The van der Waals surface area contributed by atoms with Crippen molar-refractivity contribution in [2.45, 2.75) is 37.5 Å². The Labute approximate surface area is 285 Å². The first-order valence-corrected chi connectivity index (χ1v) is 17.5. The SMILES string of the molecule is C=C(CNC(=O)CS)NCC(=O)NCC(=O)NCCCCCCNC(=O)c1cc(-c2ccc(C)cc2)n(-c2ccc(S(N)(=O)=O)cc2)n1. The fourth-order valence-electron chi connectivity index (χ4n) is 4.35. The third-order valence-corrected chi connectivity index (χ3v) is 8.21. The Morgan fingerprint density at radius 2 is 1.38 bits per heavy atom. The smallest absolute Gasteiger partial charge is 0.271 e. The van der Waals surface area contributed by atoms with Crippen LogP contribution in [0, 0.1) is 6.92 Å². The first-order valence-electron chi connectivity index (χ1n) is 15.3. The topological polar surface area (TPSA) is 206 Å². The van der Waals surface area contributed by atoms with Crippen molar-refractivity contribution < 1.29 is 27.6 Å². The Bertz CT molecular complexity index is 1690. The van der Waals surface area contributed by atoms with Crippen molar-refractivity contribution >= 4 is 46.3 Å². The molecule has 3 rings (SSSR count). The van der Waals surface area contributed by atoms with Crippen LogP contribution in [0.5, 0.6) is 0 Å². The molecule has 0 aliphatic carbocycles. The first-order chi connectivity index (χ1) is 22.9. The first kappa shape index (κ1) is 37.8. The van der Waals surface area contributed by atoms with Crippen molar-refractivity contribution in [2.24, 2.45) is 5.14 Å². The number of thiol groups is 1. The van der Waals surface area contributed by atoms with Crippen LogP contribution in [-0.4, -0.2) is 80.3 Å². The molecule has 3 aromatic rings. The van der Waals surface area contributed by atoms with E-state index in [1.165, 1.54) is 12.1 Å². The zero-order valence-corrected chi connectivity index (χ0v) is 28.5. The second kappa shape index (κ2) is 18.6. The number of nitrogens with two attached hydrogens (primary N) is 1. The number of sulfonamides is 1. The molecule has 0 spiro atoms. The number of unbranched alkanes of at least 4 members (excludes halogenated alkanes) is 3. The minimum Gasteiger partial charge on any atom is -0.379 e. The molecular weight excluding hydrogens is 657 g/mol. The number of hydrogen-bond donors (Lipinski definition) is 7.